The Balaban J connectivity index is 1.80. The summed E-state index contributed by atoms with van der Waals surface area (Å²) >= 11 is 0. The van der Waals surface area contributed by atoms with Gasteiger partial charge in [0.25, 0.3) is 0 Å². The third-order valence-electron chi connectivity index (χ3n) is 5.38. The first-order chi connectivity index (χ1) is 13.2. The van der Waals surface area contributed by atoms with Gasteiger partial charge in [0.15, 0.2) is 0 Å². The van der Waals surface area contributed by atoms with Crippen LogP contribution in [0.4, 0.5) is 13.2 Å². The Bertz CT molecular complexity index is 784. The molecule has 1 heterocycles. The molecule has 3 nitrogen and oxygen atoms in total. The molecule has 0 aromatic heterocycles. The van der Waals surface area contributed by atoms with Gasteiger partial charge in [-0.05, 0) is 49.9 Å². The van der Waals surface area contributed by atoms with Crippen LogP contribution in [-0.4, -0.2) is 24.4 Å². The molecule has 6 heteroatoms. The van der Waals surface area contributed by atoms with E-state index in [0.717, 1.165) is 17.7 Å². The molecular weight excluding hydrogens is 367 g/mol. The molecule has 2 aromatic rings. The van der Waals surface area contributed by atoms with E-state index >= 15 is 0 Å². The second-order valence-electron chi connectivity index (χ2n) is 7.60. The first kappa shape index (κ1) is 20.8. The topological polar surface area (TPSA) is 41.5 Å². The quantitative estimate of drug-likeness (QED) is 0.772. The predicted octanol–water partition coefficient (Wildman–Crippen LogP) is 4.73. The molecule has 0 radical (unpaired) electrons. The van der Waals surface area contributed by atoms with Crippen molar-refractivity contribution in [1.82, 2.24) is 5.32 Å². The number of aliphatic hydroxyl groups is 1. The highest BCUT2D eigenvalue weighted by molar-refractivity contribution is 5.32. The Kier molecular flexibility index (Phi) is 6.12. The van der Waals surface area contributed by atoms with Gasteiger partial charge in [-0.3, -0.25) is 0 Å². The van der Waals surface area contributed by atoms with Crippen molar-refractivity contribution in [3.63, 3.8) is 0 Å². The van der Waals surface area contributed by atoms with E-state index in [1.165, 1.54) is 0 Å². The van der Waals surface area contributed by atoms with Crippen LogP contribution in [0.25, 0.3) is 0 Å². The largest absolute Gasteiger partial charge is 0.416 e. The van der Waals surface area contributed by atoms with E-state index in [4.69, 9.17) is 4.74 Å². The van der Waals surface area contributed by atoms with Gasteiger partial charge in [-0.1, -0.05) is 42.0 Å². The highest BCUT2D eigenvalue weighted by Crippen LogP contribution is 2.35. The minimum absolute atomic E-state index is 0.306. The Morgan fingerprint density at radius 3 is 2.54 bits per heavy atom. The van der Waals surface area contributed by atoms with Crippen LogP contribution < -0.4 is 5.32 Å². The zero-order valence-electron chi connectivity index (χ0n) is 16.1. The summed E-state index contributed by atoms with van der Waals surface area (Å²) in [6.07, 6.45) is -3.95. The molecular formula is C22H26F3NO2. The number of benzene rings is 2. The summed E-state index contributed by atoms with van der Waals surface area (Å²) < 4.78 is 45.5. The first-order valence-corrected chi connectivity index (χ1v) is 9.49. The molecule has 2 aromatic carbocycles. The van der Waals surface area contributed by atoms with Crippen molar-refractivity contribution in [2.75, 3.05) is 13.2 Å². The lowest BCUT2D eigenvalue weighted by molar-refractivity contribution is -0.137. The summed E-state index contributed by atoms with van der Waals surface area (Å²) in [6.45, 7) is 4.18. The fraction of sp³-hybridized carbons (Fsp3) is 0.455. The van der Waals surface area contributed by atoms with E-state index in [9.17, 15) is 18.3 Å². The standard InChI is InChI=1S/C22H26F3NO2/c1-15-10-17(12-19(11-15)22(23,24)25)16(2)28-14-21(9-8-20(27)13-26-21)18-6-4-3-5-7-18/h3-7,10-12,16,20,26-27H,8-9,13-14H2,1-2H3/t16-,20?,21-/m1/s1. The number of piperidine rings is 1. The fourth-order valence-electron chi connectivity index (χ4n) is 3.70. The summed E-state index contributed by atoms with van der Waals surface area (Å²) in [6, 6.07) is 13.9. The number of β-amino-alcohol motifs (C(OH)–C–C–N with tert-alkyl or cyclic N) is 1. The Morgan fingerprint density at radius 1 is 1.21 bits per heavy atom. The van der Waals surface area contributed by atoms with Gasteiger partial charge in [0.2, 0.25) is 0 Å². The number of hydrogen-bond donors (Lipinski definition) is 2. The second kappa shape index (κ2) is 8.23. The maximum atomic E-state index is 13.1. The van der Waals surface area contributed by atoms with Gasteiger partial charge >= 0.3 is 6.18 Å². The molecule has 0 bridgehead atoms. The van der Waals surface area contributed by atoms with Crippen molar-refractivity contribution in [2.24, 2.45) is 0 Å². The van der Waals surface area contributed by atoms with Gasteiger partial charge in [0, 0.05) is 6.54 Å². The minimum Gasteiger partial charge on any atom is -0.392 e. The van der Waals surface area contributed by atoms with Crippen molar-refractivity contribution in [2.45, 2.75) is 50.6 Å². The summed E-state index contributed by atoms with van der Waals surface area (Å²) in [5.41, 5.74) is 0.984. The summed E-state index contributed by atoms with van der Waals surface area (Å²) in [4.78, 5) is 0. The predicted molar refractivity (Wildman–Crippen MR) is 102 cm³/mol. The molecule has 3 rings (SSSR count). The molecule has 28 heavy (non-hydrogen) atoms. The highest BCUT2D eigenvalue weighted by atomic mass is 19.4. The molecule has 1 fully saturated rings. The minimum atomic E-state index is -4.38. The van der Waals surface area contributed by atoms with Crippen LogP contribution >= 0.6 is 0 Å². The lowest BCUT2D eigenvalue weighted by Gasteiger charge is -2.41. The molecule has 152 valence electrons. The zero-order valence-corrected chi connectivity index (χ0v) is 16.1. The number of rotatable bonds is 5. The van der Waals surface area contributed by atoms with Crippen molar-refractivity contribution in [3.05, 3.63) is 70.8 Å². The SMILES string of the molecule is Cc1cc([C@@H](C)OC[C@@]2(c3ccccc3)CCC(O)CN2)cc(C(F)(F)F)c1. The van der Waals surface area contributed by atoms with E-state index in [0.29, 0.717) is 37.1 Å². The molecule has 0 aliphatic carbocycles. The van der Waals surface area contributed by atoms with E-state index in [2.05, 4.69) is 5.32 Å². The van der Waals surface area contributed by atoms with Crippen LogP contribution in [0.1, 0.15) is 48.1 Å². The van der Waals surface area contributed by atoms with Crippen LogP contribution in [0, 0.1) is 6.92 Å². The lowest BCUT2D eigenvalue weighted by atomic mass is 9.82. The van der Waals surface area contributed by atoms with Gasteiger partial charge in [0.05, 0.1) is 29.9 Å². The van der Waals surface area contributed by atoms with Crippen LogP contribution in [0.3, 0.4) is 0 Å². The smallest absolute Gasteiger partial charge is 0.392 e. The Morgan fingerprint density at radius 2 is 1.93 bits per heavy atom. The average Bonchev–Trinajstić information content (AvgIpc) is 2.67. The van der Waals surface area contributed by atoms with Gasteiger partial charge in [-0.2, -0.15) is 13.2 Å². The summed E-state index contributed by atoms with van der Waals surface area (Å²) in [5.74, 6) is 0. The molecule has 0 spiro atoms. The van der Waals surface area contributed by atoms with Crippen LogP contribution in [0.2, 0.25) is 0 Å². The molecule has 1 unspecified atom stereocenters. The summed E-state index contributed by atoms with van der Waals surface area (Å²) in [7, 11) is 0. The number of hydrogen-bond acceptors (Lipinski definition) is 3. The molecule has 2 N–H and O–H groups in total. The maximum absolute atomic E-state index is 13.1. The van der Waals surface area contributed by atoms with E-state index < -0.39 is 29.5 Å². The molecule has 0 saturated carbocycles. The molecule has 3 atom stereocenters. The van der Waals surface area contributed by atoms with Crippen molar-refractivity contribution < 1.29 is 23.0 Å². The van der Waals surface area contributed by atoms with Crippen molar-refractivity contribution in [1.29, 1.82) is 0 Å². The fourth-order valence-corrected chi connectivity index (χ4v) is 3.70. The Hall–Kier alpha value is -1.89. The van der Waals surface area contributed by atoms with Crippen LogP contribution in [-0.2, 0) is 16.5 Å². The van der Waals surface area contributed by atoms with E-state index in [1.807, 2.05) is 30.3 Å². The van der Waals surface area contributed by atoms with Gasteiger partial charge in [-0.25, -0.2) is 0 Å². The molecule has 1 aliphatic heterocycles. The summed E-state index contributed by atoms with van der Waals surface area (Å²) in [5, 5.41) is 13.3. The third-order valence-corrected chi connectivity index (χ3v) is 5.38. The normalized spacial score (nSPS) is 24.1. The van der Waals surface area contributed by atoms with Crippen LogP contribution in [0.15, 0.2) is 48.5 Å². The number of ether oxygens (including phenoxy) is 1. The molecule has 1 saturated heterocycles. The third kappa shape index (κ3) is 4.74. The van der Waals surface area contributed by atoms with Crippen molar-refractivity contribution in [3.8, 4) is 0 Å². The number of aryl methyl sites for hydroxylation is 1. The number of alkyl halides is 3. The zero-order chi connectivity index (χ0) is 20.4. The number of aliphatic hydroxyl groups excluding tert-OH is 1. The van der Waals surface area contributed by atoms with Gasteiger partial charge in [-0.15, -0.1) is 0 Å². The molecule has 1 aliphatic rings. The van der Waals surface area contributed by atoms with Gasteiger partial charge in [0.1, 0.15) is 0 Å². The highest BCUT2D eigenvalue weighted by Gasteiger charge is 2.37. The second-order valence-corrected chi connectivity index (χ2v) is 7.60. The Labute approximate surface area is 163 Å². The average molecular weight is 393 g/mol. The number of halogens is 3. The monoisotopic (exact) mass is 393 g/mol. The maximum Gasteiger partial charge on any atom is 0.416 e. The first-order valence-electron chi connectivity index (χ1n) is 9.49. The van der Waals surface area contributed by atoms with E-state index in [1.54, 1.807) is 19.9 Å². The van der Waals surface area contributed by atoms with Crippen LogP contribution in [0.5, 0.6) is 0 Å². The lowest BCUT2D eigenvalue weighted by Crippen LogP contribution is -2.53. The van der Waals surface area contributed by atoms with Crippen molar-refractivity contribution >= 4 is 0 Å². The molecule has 0 amide bonds. The van der Waals surface area contributed by atoms with Gasteiger partial charge < -0.3 is 15.2 Å². The van der Waals surface area contributed by atoms with E-state index in [-0.39, 0.29) is 0 Å². The number of nitrogens with one attached hydrogen (secondary N) is 1.